The molecule has 5 nitrogen and oxygen atoms in total. The van der Waals surface area contributed by atoms with Crippen LogP contribution in [0.5, 0.6) is 0 Å². The lowest BCUT2D eigenvalue weighted by molar-refractivity contribution is -0.533. The Morgan fingerprint density at radius 2 is 2.30 bits per heavy atom. The average Bonchev–Trinajstić information content (AvgIpc) is 1.88. The van der Waals surface area contributed by atoms with Crippen molar-refractivity contribution in [1.29, 1.82) is 0 Å². The maximum absolute atomic E-state index is 10.2. The molecule has 0 aromatic rings. The molecule has 0 fully saturated rings. The Morgan fingerprint density at radius 3 is 2.70 bits per heavy atom. The van der Waals surface area contributed by atoms with Crippen molar-refractivity contribution >= 4 is 0 Å². The minimum atomic E-state index is -0.912. The van der Waals surface area contributed by atoms with Crippen LogP contribution in [0, 0.1) is 10.1 Å². The number of hydrogen-bond donors (Lipinski definition) is 1. The maximum atomic E-state index is 10.2. The molecule has 0 amide bonds. The summed E-state index contributed by atoms with van der Waals surface area (Å²) in [5.41, 5.74) is 0. The second-order valence-corrected chi connectivity index (χ2v) is 1.87. The molecule has 1 unspecified atom stereocenters. The molecule has 0 aliphatic carbocycles. The van der Waals surface area contributed by atoms with Crippen molar-refractivity contribution in [2.75, 3.05) is 0 Å². The molecular formula is C5H7N3O2. The van der Waals surface area contributed by atoms with Crippen LogP contribution in [0.1, 0.15) is 0 Å². The molecule has 5 heteroatoms. The SMILES string of the molecule is NN1C=CC=CC1[N+](=O)[O-]. The fraction of sp³-hybridized carbons (Fsp3) is 0.200. The van der Waals surface area contributed by atoms with Gasteiger partial charge in [0, 0.05) is 12.3 Å². The molecule has 1 aliphatic heterocycles. The first kappa shape index (κ1) is 6.76. The third-order valence-corrected chi connectivity index (χ3v) is 1.17. The number of hydrogen-bond acceptors (Lipinski definition) is 4. The average molecular weight is 141 g/mol. The highest BCUT2D eigenvalue weighted by Gasteiger charge is 2.20. The highest BCUT2D eigenvalue weighted by atomic mass is 16.6. The van der Waals surface area contributed by atoms with Gasteiger partial charge in [-0.3, -0.25) is 10.1 Å². The third-order valence-electron chi connectivity index (χ3n) is 1.17. The fourth-order valence-electron chi connectivity index (χ4n) is 0.679. The van der Waals surface area contributed by atoms with Crippen LogP contribution in [0.25, 0.3) is 0 Å². The van der Waals surface area contributed by atoms with Gasteiger partial charge in [-0.25, -0.2) is 10.9 Å². The number of hydrazine groups is 1. The quantitative estimate of drug-likeness (QED) is 0.313. The van der Waals surface area contributed by atoms with Crippen LogP contribution in [0.15, 0.2) is 24.4 Å². The first-order valence-electron chi connectivity index (χ1n) is 2.73. The van der Waals surface area contributed by atoms with Gasteiger partial charge in [-0.2, -0.15) is 0 Å². The summed E-state index contributed by atoms with van der Waals surface area (Å²) < 4.78 is 0. The predicted molar refractivity (Wildman–Crippen MR) is 35.1 cm³/mol. The maximum Gasteiger partial charge on any atom is 0.318 e. The first-order chi connectivity index (χ1) is 4.72. The van der Waals surface area contributed by atoms with Crippen molar-refractivity contribution < 1.29 is 4.92 Å². The van der Waals surface area contributed by atoms with Gasteiger partial charge in [-0.05, 0) is 6.08 Å². The predicted octanol–water partition coefficient (Wildman–Crippen LogP) is -0.152. The third kappa shape index (κ3) is 1.14. The summed E-state index contributed by atoms with van der Waals surface area (Å²) >= 11 is 0. The summed E-state index contributed by atoms with van der Waals surface area (Å²) in [6.07, 6.45) is 5.19. The van der Waals surface area contributed by atoms with Gasteiger partial charge in [-0.15, -0.1) is 0 Å². The van der Waals surface area contributed by atoms with E-state index in [4.69, 9.17) is 5.84 Å². The summed E-state index contributed by atoms with van der Waals surface area (Å²) in [5, 5.41) is 11.2. The fourth-order valence-corrected chi connectivity index (χ4v) is 0.679. The van der Waals surface area contributed by atoms with E-state index in [2.05, 4.69) is 0 Å². The number of rotatable bonds is 1. The van der Waals surface area contributed by atoms with E-state index in [0.29, 0.717) is 0 Å². The highest BCUT2D eigenvalue weighted by Crippen LogP contribution is 2.02. The van der Waals surface area contributed by atoms with E-state index in [9.17, 15) is 10.1 Å². The summed E-state index contributed by atoms with van der Waals surface area (Å²) in [6, 6.07) is 0. The zero-order valence-corrected chi connectivity index (χ0v) is 5.18. The van der Waals surface area contributed by atoms with Crippen LogP contribution >= 0.6 is 0 Å². The molecule has 1 atom stereocenters. The van der Waals surface area contributed by atoms with Crippen LogP contribution in [0.4, 0.5) is 0 Å². The summed E-state index contributed by atoms with van der Waals surface area (Å²) in [4.78, 5) is 9.71. The van der Waals surface area contributed by atoms with E-state index in [1.807, 2.05) is 0 Å². The van der Waals surface area contributed by atoms with Gasteiger partial charge in [0.2, 0.25) is 0 Å². The van der Waals surface area contributed by atoms with Crippen molar-refractivity contribution in [2.45, 2.75) is 6.17 Å². The van der Waals surface area contributed by atoms with Gasteiger partial charge >= 0.3 is 6.17 Å². The Kier molecular flexibility index (Phi) is 1.68. The van der Waals surface area contributed by atoms with E-state index in [1.54, 1.807) is 12.2 Å². The van der Waals surface area contributed by atoms with Crippen LogP contribution in [-0.4, -0.2) is 16.1 Å². The highest BCUT2D eigenvalue weighted by molar-refractivity contribution is 5.09. The molecule has 10 heavy (non-hydrogen) atoms. The van der Waals surface area contributed by atoms with E-state index in [0.717, 1.165) is 5.01 Å². The molecule has 0 bridgehead atoms. The molecule has 0 aromatic heterocycles. The van der Waals surface area contributed by atoms with E-state index in [1.165, 1.54) is 12.3 Å². The number of allylic oxidation sites excluding steroid dienone is 2. The van der Waals surface area contributed by atoms with Crippen LogP contribution in [0.2, 0.25) is 0 Å². The molecule has 0 aromatic carbocycles. The van der Waals surface area contributed by atoms with Crippen LogP contribution in [0.3, 0.4) is 0 Å². The summed E-state index contributed by atoms with van der Waals surface area (Å²) in [6.45, 7) is 0. The molecule has 0 saturated carbocycles. The van der Waals surface area contributed by atoms with Crippen LogP contribution in [-0.2, 0) is 0 Å². The van der Waals surface area contributed by atoms with Crippen molar-refractivity contribution in [1.82, 2.24) is 5.01 Å². The van der Waals surface area contributed by atoms with Gasteiger partial charge in [0.1, 0.15) is 0 Å². The summed E-state index contributed by atoms with van der Waals surface area (Å²) in [7, 11) is 0. The number of nitrogens with two attached hydrogens (primary N) is 1. The lowest BCUT2D eigenvalue weighted by Crippen LogP contribution is -2.41. The monoisotopic (exact) mass is 141 g/mol. The van der Waals surface area contributed by atoms with Gasteiger partial charge in [0.15, 0.2) is 0 Å². The van der Waals surface area contributed by atoms with Gasteiger partial charge in [0.05, 0.1) is 4.92 Å². The van der Waals surface area contributed by atoms with Crippen LogP contribution < -0.4 is 5.84 Å². The zero-order chi connectivity index (χ0) is 7.56. The second kappa shape index (κ2) is 2.49. The largest absolute Gasteiger partial charge is 0.318 e. The molecule has 0 radical (unpaired) electrons. The van der Waals surface area contributed by atoms with Gasteiger partial charge in [0.25, 0.3) is 0 Å². The Labute approximate surface area is 57.5 Å². The number of nitrogens with zero attached hydrogens (tertiary/aromatic N) is 2. The van der Waals surface area contributed by atoms with Crippen molar-refractivity contribution in [2.24, 2.45) is 5.84 Å². The van der Waals surface area contributed by atoms with Crippen molar-refractivity contribution in [3.05, 3.63) is 34.5 Å². The molecule has 54 valence electrons. The standard InChI is InChI=1S/C5H7N3O2/c6-7-4-2-1-3-5(7)8(9)10/h1-5H,6H2. The van der Waals surface area contributed by atoms with Crippen molar-refractivity contribution in [3.8, 4) is 0 Å². The Balaban J connectivity index is 2.70. The Morgan fingerprint density at radius 1 is 1.60 bits per heavy atom. The van der Waals surface area contributed by atoms with Gasteiger partial charge in [-0.1, -0.05) is 6.08 Å². The normalized spacial score (nSPS) is 23.3. The molecular weight excluding hydrogens is 134 g/mol. The smallest absolute Gasteiger partial charge is 0.262 e. The van der Waals surface area contributed by atoms with E-state index >= 15 is 0 Å². The first-order valence-corrected chi connectivity index (χ1v) is 2.73. The topological polar surface area (TPSA) is 72.4 Å². The Bertz CT molecular complexity index is 199. The lowest BCUT2D eigenvalue weighted by Gasteiger charge is -2.17. The molecule has 1 heterocycles. The van der Waals surface area contributed by atoms with E-state index < -0.39 is 11.1 Å². The molecule has 0 saturated heterocycles. The van der Waals surface area contributed by atoms with Crippen molar-refractivity contribution in [3.63, 3.8) is 0 Å². The second-order valence-electron chi connectivity index (χ2n) is 1.87. The minimum absolute atomic E-state index is 0.458. The summed E-state index contributed by atoms with van der Waals surface area (Å²) in [5.74, 6) is 5.23. The molecule has 1 aliphatic rings. The van der Waals surface area contributed by atoms with E-state index in [-0.39, 0.29) is 0 Å². The number of nitro groups is 1. The minimum Gasteiger partial charge on any atom is -0.262 e. The zero-order valence-electron chi connectivity index (χ0n) is 5.18. The Hall–Kier alpha value is -1.36. The molecule has 0 spiro atoms. The lowest BCUT2D eigenvalue weighted by atomic mass is 10.3. The van der Waals surface area contributed by atoms with Gasteiger partial charge < -0.3 is 0 Å². The molecule has 2 N–H and O–H groups in total. The molecule has 1 rings (SSSR count).